The molecule has 3 heteroatoms. The van der Waals surface area contributed by atoms with Crippen molar-refractivity contribution in [1.82, 2.24) is 0 Å². The van der Waals surface area contributed by atoms with Gasteiger partial charge in [0, 0.05) is 5.02 Å². The number of aryl methyl sites for hydroxylation is 2. The third-order valence-electron chi connectivity index (χ3n) is 3.72. The zero-order chi connectivity index (χ0) is 13.2. The van der Waals surface area contributed by atoms with Gasteiger partial charge in [0.25, 0.3) is 0 Å². The van der Waals surface area contributed by atoms with Crippen LogP contribution in [0.5, 0.6) is 5.75 Å². The molecule has 0 amide bonds. The summed E-state index contributed by atoms with van der Waals surface area (Å²) >= 11 is 6.12. The van der Waals surface area contributed by atoms with Crippen molar-refractivity contribution in [2.24, 2.45) is 5.41 Å². The molecule has 0 unspecified atom stereocenters. The fourth-order valence-corrected chi connectivity index (χ4v) is 2.66. The second-order valence-electron chi connectivity index (χ2n) is 5.26. The Morgan fingerprint density at radius 3 is 2.33 bits per heavy atom. The average molecular weight is 264 g/mol. The molecule has 1 aromatic carbocycles. The van der Waals surface area contributed by atoms with Gasteiger partial charge in [-0.05, 0) is 49.9 Å². The van der Waals surface area contributed by atoms with Gasteiger partial charge in [0.15, 0.2) is 0 Å². The van der Waals surface area contributed by atoms with E-state index in [1.54, 1.807) is 0 Å². The van der Waals surface area contributed by atoms with Crippen molar-refractivity contribution >= 4 is 11.6 Å². The summed E-state index contributed by atoms with van der Waals surface area (Å²) in [5, 5.41) is 10.1. The molecular formula is C15H18ClNO. The van der Waals surface area contributed by atoms with E-state index in [4.69, 9.17) is 16.3 Å². The minimum atomic E-state index is -0.276. The van der Waals surface area contributed by atoms with Gasteiger partial charge in [-0.3, -0.25) is 0 Å². The van der Waals surface area contributed by atoms with E-state index < -0.39 is 0 Å². The Kier molecular flexibility index (Phi) is 3.82. The number of halogens is 1. The van der Waals surface area contributed by atoms with Crippen LogP contribution in [0.2, 0.25) is 5.02 Å². The Hall–Kier alpha value is -1.20. The summed E-state index contributed by atoms with van der Waals surface area (Å²) in [4.78, 5) is 0. The maximum atomic E-state index is 9.30. The highest BCUT2D eigenvalue weighted by Gasteiger charge is 2.34. The quantitative estimate of drug-likeness (QED) is 0.809. The Bertz CT molecular complexity index is 461. The smallest absolute Gasteiger partial charge is 0.120 e. The van der Waals surface area contributed by atoms with Gasteiger partial charge in [-0.25, -0.2) is 0 Å². The summed E-state index contributed by atoms with van der Waals surface area (Å²) in [7, 11) is 0. The molecule has 0 bridgehead atoms. The first-order valence-electron chi connectivity index (χ1n) is 6.37. The first-order valence-corrected chi connectivity index (χ1v) is 6.75. The molecule has 2 nitrogen and oxygen atoms in total. The highest BCUT2D eigenvalue weighted by Crippen LogP contribution is 2.38. The SMILES string of the molecule is Cc1cc(OCC2(C#N)CCCC2)cc(C)c1Cl. The van der Waals surface area contributed by atoms with Gasteiger partial charge in [0.1, 0.15) is 12.4 Å². The van der Waals surface area contributed by atoms with E-state index in [1.807, 2.05) is 26.0 Å². The molecule has 1 aliphatic rings. The lowest BCUT2D eigenvalue weighted by molar-refractivity contribution is 0.201. The summed E-state index contributed by atoms with van der Waals surface area (Å²) in [5.74, 6) is 0.816. The van der Waals surface area contributed by atoms with Crippen LogP contribution in [0.1, 0.15) is 36.8 Å². The molecule has 0 spiro atoms. The van der Waals surface area contributed by atoms with Crippen LogP contribution in [0.3, 0.4) is 0 Å². The van der Waals surface area contributed by atoms with Crippen LogP contribution in [-0.4, -0.2) is 6.61 Å². The molecule has 1 fully saturated rings. The Balaban J connectivity index is 2.09. The van der Waals surface area contributed by atoms with E-state index in [9.17, 15) is 5.26 Å². The lowest BCUT2D eigenvalue weighted by Gasteiger charge is -2.21. The number of nitrogens with zero attached hydrogens (tertiary/aromatic N) is 1. The van der Waals surface area contributed by atoms with Gasteiger partial charge in [-0.1, -0.05) is 24.4 Å². The van der Waals surface area contributed by atoms with E-state index >= 15 is 0 Å². The fraction of sp³-hybridized carbons (Fsp3) is 0.533. The monoisotopic (exact) mass is 263 g/mol. The molecule has 0 N–H and O–H groups in total. The van der Waals surface area contributed by atoms with Crippen molar-refractivity contribution in [3.05, 3.63) is 28.3 Å². The topological polar surface area (TPSA) is 33.0 Å². The van der Waals surface area contributed by atoms with E-state index in [1.165, 1.54) is 0 Å². The van der Waals surface area contributed by atoms with Crippen LogP contribution in [0.4, 0.5) is 0 Å². The molecule has 0 radical (unpaired) electrons. The van der Waals surface area contributed by atoms with Crippen LogP contribution in [-0.2, 0) is 0 Å². The largest absolute Gasteiger partial charge is 0.492 e. The van der Waals surface area contributed by atoms with Gasteiger partial charge in [0.05, 0.1) is 11.5 Å². The summed E-state index contributed by atoms with van der Waals surface area (Å²) in [6.45, 7) is 4.43. The Morgan fingerprint density at radius 1 is 1.28 bits per heavy atom. The molecular weight excluding hydrogens is 246 g/mol. The number of hydrogen-bond donors (Lipinski definition) is 0. The number of benzene rings is 1. The van der Waals surface area contributed by atoms with Crippen LogP contribution in [0.25, 0.3) is 0 Å². The molecule has 0 aromatic heterocycles. The molecule has 1 saturated carbocycles. The third-order valence-corrected chi connectivity index (χ3v) is 4.32. The minimum absolute atomic E-state index is 0.276. The summed E-state index contributed by atoms with van der Waals surface area (Å²) in [6.07, 6.45) is 4.18. The lowest BCUT2D eigenvalue weighted by atomic mass is 9.89. The van der Waals surface area contributed by atoms with Crippen molar-refractivity contribution < 1.29 is 4.74 Å². The molecule has 0 saturated heterocycles. The maximum absolute atomic E-state index is 9.30. The van der Waals surface area contributed by atoms with Crippen LogP contribution in [0.15, 0.2) is 12.1 Å². The molecule has 2 rings (SSSR count). The van der Waals surface area contributed by atoms with Crippen molar-refractivity contribution in [2.75, 3.05) is 6.61 Å². The van der Waals surface area contributed by atoms with Crippen molar-refractivity contribution in [2.45, 2.75) is 39.5 Å². The second-order valence-corrected chi connectivity index (χ2v) is 5.64. The summed E-state index contributed by atoms with van der Waals surface area (Å²) in [6, 6.07) is 6.32. The van der Waals surface area contributed by atoms with Crippen molar-refractivity contribution in [3.8, 4) is 11.8 Å². The lowest BCUT2D eigenvalue weighted by Crippen LogP contribution is -2.23. The van der Waals surface area contributed by atoms with Crippen LogP contribution < -0.4 is 4.74 Å². The fourth-order valence-electron chi connectivity index (χ4n) is 2.55. The van der Waals surface area contributed by atoms with E-state index in [0.717, 1.165) is 47.6 Å². The van der Waals surface area contributed by atoms with E-state index in [-0.39, 0.29) is 5.41 Å². The van der Waals surface area contributed by atoms with Gasteiger partial charge in [-0.15, -0.1) is 0 Å². The summed E-state index contributed by atoms with van der Waals surface area (Å²) in [5.41, 5.74) is 1.76. The zero-order valence-electron chi connectivity index (χ0n) is 10.9. The number of ether oxygens (including phenoxy) is 1. The van der Waals surface area contributed by atoms with Crippen LogP contribution >= 0.6 is 11.6 Å². The summed E-state index contributed by atoms with van der Waals surface area (Å²) < 4.78 is 5.82. The van der Waals surface area contributed by atoms with Crippen molar-refractivity contribution in [3.63, 3.8) is 0 Å². The molecule has 0 aliphatic heterocycles. The molecule has 1 aliphatic carbocycles. The predicted octanol–water partition coefficient (Wildman–Crippen LogP) is 4.42. The average Bonchev–Trinajstić information content (AvgIpc) is 2.83. The highest BCUT2D eigenvalue weighted by molar-refractivity contribution is 6.32. The number of rotatable bonds is 3. The van der Waals surface area contributed by atoms with Crippen molar-refractivity contribution in [1.29, 1.82) is 5.26 Å². The minimum Gasteiger partial charge on any atom is -0.492 e. The molecule has 18 heavy (non-hydrogen) atoms. The first kappa shape index (κ1) is 13.2. The molecule has 1 aromatic rings. The van der Waals surface area contributed by atoms with Gasteiger partial charge in [0.2, 0.25) is 0 Å². The Morgan fingerprint density at radius 2 is 1.83 bits per heavy atom. The highest BCUT2D eigenvalue weighted by atomic mass is 35.5. The molecule has 0 heterocycles. The maximum Gasteiger partial charge on any atom is 0.120 e. The normalized spacial score (nSPS) is 17.4. The predicted molar refractivity (Wildman–Crippen MR) is 72.9 cm³/mol. The van der Waals surface area contributed by atoms with E-state index in [0.29, 0.717) is 6.61 Å². The third kappa shape index (κ3) is 2.62. The molecule has 96 valence electrons. The number of hydrogen-bond acceptors (Lipinski definition) is 2. The van der Waals surface area contributed by atoms with Crippen LogP contribution in [0, 0.1) is 30.6 Å². The van der Waals surface area contributed by atoms with E-state index in [2.05, 4.69) is 6.07 Å². The first-order chi connectivity index (χ1) is 8.56. The molecule has 0 atom stereocenters. The van der Waals surface area contributed by atoms with Gasteiger partial charge in [-0.2, -0.15) is 5.26 Å². The zero-order valence-corrected chi connectivity index (χ0v) is 11.7. The second kappa shape index (κ2) is 5.20. The van der Waals surface area contributed by atoms with Gasteiger partial charge < -0.3 is 4.74 Å². The standard InChI is InChI=1S/C15H18ClNO/c1-11-7-13(8-12(2)14(11)16)18-10-15(9-17)5-3-4-6-15/h7-8H,3-6,10H2,1-2H3. The van der Waals surface area contributed by atoms with Gasteiger partial charge >= 0.3 is 0 Å². The number of nitriles is 1. The Labute approximate surface area is 114 Å².